The summed E-state index contributed by atoms with van der Waals surface area (Å²) in [7, 11) is -4.19. The van der Waals surface area contributed by atoms with E-state index in [2.05, 4.69) is 0 Å². The van der Waals surface area contributed by atoms with Crippen LogP contribution in [-0.4, -0.2) is 44.7 Å². The highest BCUT2D eigenvalue weighted by Crippen LogP contribution is 2.28. The molecule has 1 aliphatic heterocycles. The number of hydrogen-bond donors (Lipinski definition) is 1. The predicted molar refractivity (Wildman–Crippen MR) is 125 cm³/mol. The van der Waals surface area contributed by atoms with E-state index in [-0.39, 0.29) is 24.7 Å². The minimum atomic E-state index is -4.19. The Balaban J connectivity index is 1.55. The van der Waals surface area contributed by atoms with Crippen molar-refractivity contribution in [1.82, 2.24) is 0 Å². The normalized spacial score (nSPS) is 23.0. The Morgan fingerprint density at radius 1 is 0.824 bits per heavy atom. The smallest absolute Gasteiger partial charge is 0.297 e. The summed E-state index contributed by atoms with van der Waals surface area (Å²) in [5, 5.41) is 10.5. The van der Waals surface area contributed by atoms with Crippen LogP contribution in [0.25, 0.3) is 0 Å². The van der Waals surface area contributed by atoms with E-state index >= 15 is 0 Å². The molecule has 3 unspecified atom stereocenters. The zero-order valence-corrected chi connectivity index (χ0v) is 19.6. The predicted octanol–water partition coefficient (Wildman–Crippen LogP) is 3.59. The van der Waals surface area contributed by atoms with Crippen LogP contribution < -0.4 is 0 Å². The van der Waals surface area contributed by atoms with E-state index in [1.807, 2.05) is 67.6 Å². The quantitative estimate of drug-likeness (QED) is 0.464. The van der Waals surface area contributed by atoms with Gasteiger partial charge in [0.1, 0.15) is 12.2 Å². The van der Waals surface area contributed by atoms with Crippen molar-refractivity contribution in [2.45, 2.75) is 49.6 Å². The minimum Gasteiger partial charge on any atom is -0.368 e. The lowest BCUT2D eigenvalue weighted by molar-refractivity contribution is -0.266. The van der Waals surface area contributed by atoms with Gasteiger partial charge in [-0.25, -0.2) is 0 Å². The van der Waals surface area contributed by atoms with Crippen molar-refractivity contribution in [2.75, 3.05) is 6.61 Å². The van der Waals surface area contributed by atoms with Crippen molar-refractivity contribution in [3.05, 3.63) is 102 Å². The summed E-state index contributed by atoms with van der Waals surface area (Å²) in [4.78, 5) is -0.0144. The molecule has 8 heteroatoms. The van der Waals surface area contributed by atoms with E-state index in [1.165, 1.54) is 12.1 Å². The van der Waals surface area contributed by atoms with Crippen LogP contribution >= 0.6 is 0 Å². The zero-order chi connectivity index (χ0) is 24.0. The van der Waals surface area contributed by atoms with Crippen molar-refractivity contribution in [1.29, 1.82) is 0 Å². The molecule has 1 N–H and O–H groups in total. The molecular formula is C26H28O7S. The maximum Gasteiger partial charge on any atom is 0.297 e. The van der Waals surface area contributed by atoms with Crippen LogP contribution in [0, 0.1) is 6.92 Å². The van der Waals surface area contributed by atoms with Crippen LogP contribution in [0.15, 0.2) is 89.8 Å². The van der Waals surface area contributed by atoms with Crippen LogP contribution in [0.4, 0.5) is 0 Å². The SMILES string of the molecule is Cc1ccc(S(=O)(=O)O[C@H]2C(O)OCC(OCc3ccccc3)C2OCc2ccccc2)cc1. The fraction of sp³-hybridized carbons (Fsp3) is 0.308. The lowest BCUT2D eigenvalue weighted by Crippen LogP contribution is -2.56. The Kier molecular flexibility index (Phi) is 8.10. The van der Waals surface area contributed by atoms with E-state index < -0.39 is 34.7 Å². The molecule has 1 saturated heterocycles. The van der Waals surface area contributed by atoms with E-state index in [0.717, 1.165) is 16.7 Å². The van der Waals surface area contributed by atoms with Crippen LogP contribution in [0.5, 0.6) is 0 Å². The molecule has 0 radical (unpaired) electrons. The van der Waals surface area contributed by atoms with Gasteiger partial charge in [-0.1, -0.05) is 78.4 Å². The van der Waals surface area contributed by atoms with Crippen molar-refractivity contribution in [2.24, 2.45) is 0 Å². The highest BCUT2D eigenvalue weighted by atomic mass is 32.2. The third-order valence-corrected chi connectivity index (χ3v) is 6.87. The number of benzene rings is 3. The van der Waals surface area contributed by atoms with E-state index in [0.29, 0.717) is 0 Å². The van der Waals surface area contributed by atoms with Gasteiger partial charge in [-0.15, -0.1) is 0 Å². The molecule has 1 heterocycles. The average Bonchev–Trinajstić information content (AvgIpc) is 2.85. The standard InChI is InChI=1S/C26H28O7S/c1-19-12-14-22(15-13-19)34(28,29)33-25-24(31-17-21-10-6-3-7-11-21)23(18-32-26(25)27)30-16-20-8-4-2-5-9-20/h2-15,23-27H,16-18H2,1H3/t23?,24?,25-,26?/m1/s1. The summed E-state index contributed by atoms with van der Waals surface area (Å²) >= 11 is 0. The van der Waals surface area contributed by atoms with Crippen LogP contribution in [-0.2, 0) is 41.7 Å². The molecule has 1 fully saturated rings. The fourth-order valence-electron chi connectivity index (χ4n) is 3.66. The molecule has 0 aliphatic carbocycles. The second-order valence-electron chi connectivity index (χ2n) is 8.15. The molecule has 4 atom stereocenters. The van der Waals surface area contributed by atoms with Gasteiger partial charge in [0.2, 0.25) is 0 Å². The van der Waals surface area contributed by atoms with Gasteiger partial charge >= 0.3 is 0 Å². The van der Waals surface area contributed by atoms with Gasteiger partial charge in [-0.3, -0.25) is 4.18 Å². The molecule has 4 rings (SSSR count). The molecule has 1 aliphatic rings. The number of rotatable bonds is 9. The lowest BCUT2D eigenvalue weighted by atomic mass is 10.0. The van der Waals surface area contributed by atoms with Crippen LogP contribution in [0.3, 0.4) is 0 Å². The number of aryl methyl sites for hydroxylation is 1. The minimum absolute atomic E-state index is 0.0144. The number of hydrogen-bond acceptors (Lipinski definition) is 7. The molecule has 180 valence electrons. The second kappa shape index (κ2) is 11.2. The molecule has 0 spiro atoms. The van der Waals surface area contributed by atoms with Crippen molar-refractivity contribution >= 4 is 10.1 Å². The first-order chi connectivity index (χ1) is 16.4. The van der Waals surface area contributed by atoms with Gasteiger partial charge in [0.15, 0.2) is 12.4 Å². The van der Waals surface area contributed by atoms with Gasteiger partial charge in [-0.2, -0.15) is 8.42 Å². The Bertz CT molecular complexity index is 1130. The number of aliphatic hydroxyl groups is 1. The van der Waals surface area contributed by atoms with Crippen LogP contribution in [0.2, 0.25) is 0 Å². The van der Waals surface area contributed by atoms with Crippen molar-refractivity contribution < 1.29 is 31.9 Å². The summed E-state index contributed by atoms with van der Waals surface area (Å²) in [5.41, 5.74) is 2.75. The molecule has 3 aromatic rings. The Morgan fingerprint density at radius 3 is 1.97 bits per heavy atom. The van der Waals surface area contributed by atoms with Crippen molar-refractivity contribution in [3.8, 4) is 0 Å². The zero-order valence-electron chi connectivity index (χ0n) is 18.8. The van der Waals surface area contributed by atoms with Crippen LogP contribution in [0.1, 0.15) is 16.7 Å². The first kappa shape index (κ1) is 24.5. The van der Waals surface area contributed by atoms with E-state index in [1.54, 1.807) is 12.1 Å². The molecule has 0 amide bonds. The van der Waals surface area contributed by atoms with Gasteiger partial charge in [-0.05, 0) is 30.2 Å². The third kappa shape index (κ3) is 6.29. The monoisotopic (exact) mass is 484 g/mol. The van der Waals surface area contributed by atoms with Gasteiger partial charge in [0, 0.05) is 0 Å². The molecule has 0 aromatic heterocycles. The molecule has 0 bridgehead atoms. The van der Waals surface area contributed by atoms with Crippen molar-refractivity contribution in [3.63, 3.8) is 0 Å². The van der Waals surface area contributed by atoms with Gasteiger partial charge in [0.05, 0.1) is 24.7 Å². The topological polar surface area (TPSA) is 91.3 Å². The molecule has 7 nitrogen and oxygen atoms in total. The second-order valence-corrected chi connectivity index (χ2v) is 9.72. The maximum atomic E-state index is 13.0. The lowest BCUT2D eigenvalue weighted by Gasteiger charge is -2.39. The van der Waals surface area contributed by atoms with E-state index in [9.17, 15) is 13.5 Å². The highest BCUT2D eigenvalue weighted by Gasteiger charge is 2.45. The third-order valence-electron chi connectivity index (χ3n) is 5.54. The molecule has 3 aromatic carbocycles. The Morgan fingerprint density at radius 2 is 1.38 bits per heavy atom. The summed E-state index contributed by atoms with van der Waals surface area (Å²) in [6.07, 6.45) is -4.37. The molecule has 0 saturated carbocycles. The summed E-state index contributed by atoms with van der Waals surface area (Å²) < 4.78 is 49.0. The van der Waals surface area contributed by atoms with E-state index in [4.69, 9.17) is 18.4 Å². The largest absolute Gasteiger partial charge is 0.368 e. The Labute approximate surface area is 200 Å². The number of aliphatic hydroxyl groups excluding tert-OH is 1. The first-order valence-electron chi connectivity index (χ1n) is 11.0. The molecular weight excluding hydrogens is 456 g/mol. The fourth-order valence-corrected chi connectivity index (χ4v) is 4.73. The van der Waals surface area contributed by atoms with Gasteiger partial charge < -0.3 is 19.3 Å². The maximum absolute atomic E-state index is 13.0. The average molecular weight is 485 g/mol. The highest BCUT2D eigenvalue weighted by molar-refractivity contribution is 7.86. The Hall–Kier alpha value is -2.59. The summed E-state index contributed by atoms with van der Waals surface area (Å²) in [6.45, 7) is 2.34. The first-order valence-corrected chi connectivity index (χ1v) is 12.4. The molecule has 34 heavy (non-hydrogen) atoms. The summed E-state index contributed by atoms with van der Waals surface area (Å²) in [6, 6.07) is 25.3. The summed E-state index contributed by atoms with van der Waals surface area (Å²) in [5.74, 6) is 0. The van der Waals surface area contributed by atoms with Gasteiger partial charge in [0.25, 0.3) is 10.1 Å². The number of ether oxygens (including phenoxy) is 3.